The van der Waals surface area contributed by atoms with Crippen LogP contribution < -0.4 is 0 Å². The van der Waals surface area contributed by atoms with Crippen molar-refractivity contribution in [3.63, 3.8) is 0 Å². The van der Waals surface area contributed by atoms with Crippen LogP contribution in [-0.2, 0) is 22.7 Å². The zero-order chi connectivity index (χ0) is 4.50. The third-order valence-electron chi connectivity index (χ3n) is 0. The van der Waals surface area contributed by atoms with E-state index in [9.17, 15) is 10.5 Å². The van der Waals surface area contributed by atoms with Gasteiger partial charge in [0.15, 0.2) is 0 Å². The Bertz CT molecular complexity index is 23.0. The molecule has 36 valence electrons. The molecule has 6 heteroatoms. The van der Waals surface area contributed by atoms with Crippen molar-refractivity contribution in [1.82, 2.24) is 0 Å². The van der Waals surface area contributed by atoms with E-state index in [4.69, 9.17) is 0 Å². The quantitative estimate of drug-likeness (QED) is 0.458. The molecular formula is H2BaF4Zr. The van der Waals surface area contributed by atoms with Crippen molar-refractivity contribution in [2.75, 3.05) is 0 Å². The standard InChI is InChI=1S/Ba.4FH.Zr.2H/h;4*1H;;;/q;;;;;+4;;/p-4. The van der Waals surface area contributed by atoms with E-state index in [2.05, 4.69) is 0 Å². The van der Waals surface area contributed by atoms with Gasteiger partial charge in [-0.3, -0.25) is 0 Å². The Kier molecular flexibility index (Phi) is 7.53. The van der Waals surface area contributed by atoms with Gasteiger partial charge in [-0.1, -0.05) is 0 Å². The molecule has 0 aromatic rings. The zero-order valence-corrected chi connectivity index (χ0v) is 4.47. The van der Waals surface area contributed by atoms with Gasteiger partial charge in [-0.15, -0.1) is 0 Å². The van der Waals surface area contributed by atoms with Crippen LogP contribution >= 0.6 is 0 Å². The van der Waals surface area contributed by atoms with Crippen LogP contribution in [0.3, 0.4) is 0 Å². The Labute approximate surface area is 80.3 Å². The number of hydrogen-bond donors (Lipinski definition) is 0. The average molecular weight is 307 g/mol. The Balaban J connectivity index is 0. The molecule has 0 atom stereocenters. The molecule has 0 aromatic carbocycles. The van der Waals surface area contributed by atoms with Gasteiger partial charge in [0.1, 0.15) is 0 Å². The number of rotatable bonds is 0. The van der Waals surface area contributed by atoms with Gasteiger partial charge in [0.05, 0.1) is 0 Å². The van der Waals surface area contributed by atoms with Gasteiger partial charge in [-0.2, -0.15) is 0 Å². The normalized spacial score (nSPS) is 10.0. The van der Waals surface area contributed by atoms with E-state index in [1.54, 1.807) is 0 Å². The number of halogens is 4. The van der Waals surface area contributed by atoms with Crippen molar-refractivity contribution in [3.05, 3.63) is 0 Å². The van der Waals surface area contributed by atoms with Crippen LogP contribution in [0, 0.1) is 0 Å². The Hall–Kier alpha value is 2.17. The molecule has 0 spiro atoms. The van der Waals surface area contributed by atoms with Gasteiger partial charge >= 0.3 is 82.1 Å². The van der Waals surface area contributed by atoms with Gasteiger partial charge in [-0.25, -0.2) is 0 Å². The van der Waals surface area contributed by atoms with Gasteiger partial charge in [0.25, 0.3) is 0 Å². The minimum absolute atomic E-state index is 0. The summed E-state index contributed by atoms with van der Waals surface area (Å²) in [5.74, 6) is 0. The molecule has 0 unspecified atom stereocenters. The Morgan fingerprint density at radius 2 is 0.833 bits per heavy atom. The summed E-state index contributed by atoms with van der Waals surface area (Å²) in [6.07, 6.45) is 0. The van der Waals surface area contributed by atoms with Crippen LogP contribution in [0.25, 0.3) is 0 Å². The van der Waals surface area contributed by atoms with Crippen molar-refractivity contribution < 1.29 is 33.2 Å². The molecule has 0 aromatic heterocycles. The molecular weight excluding hydrogens is 305 g/mol. The van der Waals surface area contributed by atoms with Gasteiger partial charge < -0.3 is 0 Å². The van der Waals surface area contributed by atoms with Crippen LogP contribution in [-0.4, -0.2) is 48.9 Å². The summed E-state index contributed by atoms with van der Waals surface area (Å²) in [7, 11) is 0. The Morgan fingerprint density at radius 1 is 0.833 bits per heavy atom. The fourth-order valence-electron chi connectivity index (χ4n) is 0. The first-order valence-electron chi connectivity index (χ1n) is 0.756. The molecule has 0 aliphatic carbocycles. The number of hydrogen-bond acceptors (Lipinski definition) is 0. The van der Waals surface area contributed by atoms with E-state index in [1.807, 2.05) is 0 Å². The van der Waals surface area contributed by atoms with Crippen LogP contribution in [0.15, 0.2) is 0 Å². The fraction of sp³-hybridized carbons (Fsp3) is 0. The molecule has 0 amide bonds. The third-order valence-corrected chi connectivity index (χ3v) is 0. The van der Waals surface area contributed by atoms with E-state index in [0.29, 0.717) is 0 Å². The van der Waals surface area contributed by atoms with Crippen molar-refractivity contribution in [3.8, 4) is 0 Å². The minimum atomic E-state index is -7.18. The molecule has 0 aliphatic rings. The average Bonchev–Trinajstić information content (AvgIpc) is 0.722. The van der Waals surface area contributed by atoms with Gasteiger partial charge in [-0.05, 0) is 0 Å². The second kappa shape index (κ2) is 4.09. The topological polar surface area (TPSA) is 0 Å². The maximum atomic E-state index is 9.90. The van der Waals surface area contributed by atoms with Crippen LogP contribution in [0.2, 0.25) is 0 Å². The molecule has 6 heavy (non-hydrogen) atoms. The SMILES string of the molecule is [BaH2].[F][Zr]([F])([F])[F]. The second-order valence-electron chi connectivity index (χ2n) is 0.429. The molecule has 0 N–H and O–H groups in total. The summed E-state index contributed by atoms with van der Waals surface area (Å²) >= 11 is -7.18. The van der Waals surface area contributed by atoms with Crippen LogP contribution in [0.1, 0.15) is 0 Å². The van der Waals surface area contributed by atoms with Gasteiger partial charge in [0.2, 0.25) is 0 Å². The summed E-state index contributed by atoms with van der Waals surface area (Å²) < 4.78 is 39.6. The molecule has 0 nitrogen and oxygen atoms in total. The summed E-state index contributed by atoms with van der Waals surface area (Å²) in [5.41, 5.74) is 0. The molecule has 0 saturated heterocycles. The molecule has 0 rings (SSSR count). The molecule has 0 fully saturated rings. The van der Waals surface area contributed by atoms with E-state index < -0.39 is 22.7 Å². The summed E-state index contributed by atoms with van der Waals surface area (Å²) in [4.78, 5) is 0. The maximum absolute atomic E-state index is 9.90. The molecule has 0 saturated carbocycles. The predicted octanol–water partition coefficient (Wildman–Crippen LogP) is 0.762. The first-order valence-corrected chi connectivity index (χ1v) is 4.47. The summed E-state index contributed by atoms with van der Waals surface area (Å²) in [6, 6.07) is 0. The van der Waals surface area contributed by atoms with Crippen LogP contribution in [0.5, 0.6) is 0 Å². The van der Waals surface area contributed by atoms with Crippen molar-refractivity contribution in [2.24, 2.45) is 0 Å². The Morgan fingerprint density at radius 3 is 0.833 bits per heavy atom. The van der Waals surface area contributed by atoms with E-state index >= 15 is 0 Å². The van der Waals surface area contributed by atoms with E-state index in [0.717, 1.165) is 0 Å². The molecule has 0 heterocycles. The monoisotopic (exact) mass is 306 g/mol. The summed E-state index contributed by atoms with van der Waals surface area (Å²) in [6.45, 7) is 0. The molecule has 0 aliphatic heterocycles. The fourth-order valence-corrected chi connectivity index (χ4v) is 0. The van der Waals surface area contributed by atoms with Crippen molar-refractivity contribution >= 4 is 48.9 Å². The zero-order valence-electron chi connectivity index (χ0n) is 2.01. The van der Waals surface area contributed by atoms with E-state index in [-0.39, 0.29) is 48.9 Å². The molecule has 0 bridgehead atoms. The van der Waals surface area contributed by atoms with Crippen LogP contribution in [0.4, 0.5) is 10.5 Å². The summed E-state index contributed by atoms with van der Waals surface area (Å²) in [5, 5.41) is 0. The first-order chi connectivity index (χ1) is 2.00. The molecule has 0 radical (unpaired) electrons. The van der Waals surface area contributed by atoms with Crippen molar-refractivity contribution in [1.29, 1.82) is 0 Å². The third kappa shape index (κ3) is 35.0. The van der Waals surface area contributed by atoms with E-state index in [1.165, 1.54) is 0 Å². The second-order valence-corrected chi connectivity index (χ2v) is 2.54. The van der Waals surface area contributed by atoms with Gasteiger partial charge in [0, 0.05) is 0 Å². The predicted molar refractivity (Wildman–Crippen MR) is 13.0 cm³/mol. The van der Waals surface area contributed by atoms with Crippen molar-refractivity contribution in [2.45, 2.75) is 0 Å². The first kappa shape index (κ1) is 11.0.